The minimum absolute atomic E-state index is 0.0244. The molecule has 6 heteroatoms. The van der Waals surface area contributed by atoms with E-state index in [2.05, 4.69) is 32.8 Å². The molecule has 0 unspecified atom stereocenters. The fourth-order valence-corrected chi connectivity index (χ4v) is 2.90. The van der Waals surface area contributed by atoms with Crippen LogP contribution in [0.2, 0.25) is 0 Å². The fraction of sp³-hybridized carbons (Fsp3) is 0.500. The van der Waals surface area contributed by atoms with E-state index in [4.69, 9.17) is 0 Å². The summed E-state index contributed by atoms with van der Waals surface area (Å²) in [6.45, 7) is 2.59. The van der Waals surface area contributed by atoms with Crippen LogP contribution in [0.1, 0.15) is 43.0 Å². The average molecular weight is 299 g/mol. The van der Waals surface area contributed by atoms with Gasteiger partial charge < -0.3 is 4.90 Å². The van der Waals surface area contributed by atoms with Gasteiger partial charge in [0.15, 0.2) is 5.82 Å². The van der Waals surface area contributed by atoms with Crippen LogP contribution in [0.4, 0.5) is 0 Å². The first-order chi connectivity index (χ1) is 10.7. The molecule has 1 aliphatic carbocycles. The van der Waals surface area contributed by atoms with Crippen molar-refractivity contribution in [1.29, 1.82) is 0 Å². The Morgan fingerprint density at radius 2 is 2.09 bits per heavy atom. The summed E-state index contributed by atoms with van der Waals surface area (Å²) in [6.07, 6.45) is 2.28. The molecule has 1 aromatic carbocycles. The Hall–Kier alpha value is -2.24. The number of nitrogens with one attached hydrogen (secondary N) is 1. The number of amides is 1. The molecule has 0 aliphatic heterocycles. The van der Waals surface area contributed by atoms with Crippen LogP contribution in [0.15, 0.2) is 30.3 Å². The molecule has 1 saturated carbocycles. The summed E-state index contributed by atoms with van der Waals surface area (Å²) in [5, 5.41) is 14.0. The van der Waals surface area contributed by atoms with Crippen LogP contribution in [-0.2, 0) is 4.79 Å². The van der Waals surface area contributed by atoms with Crippen molar-refractivity contribution in [1.82, 2.24) is 25.5 Å². The lowest BCUT2D eigenvalue weighted by atomic mass is 9.92. The number of nitrogens with zero attached hydrogens (tertiary/aromatic N) is 4. The van der Waals surface area contributed by atoms with Crippen LogP contribution in [-0.4, -0.2) is 45.0 Å². The van der Waals surface area contributed by atoms with E-state index < -0.39 is 0 Å². The van der Waals surface area contributed by atoms with E-state index in [9.17, 15) is 4.79 Å². The standard InChI is InChI=1S/C16H21N5O/c1-11(15-17-19-20-18-15)10-21(2)16(22)14(13-8-9-13)12-6-4-3-5-7-12/h3-7,11,13-14H,8-10H2,1-2H3,(H,17,18,19,20)/t11-,14-/m0/s1. The highest BCUT2D eigenvalue weighted by Crippen LogP contribution is 2.43. The maximum atomic E-state index is 12.9. The van der Waals surface area contributed by atoms with E-state index in [0.717, 1.165) is 18.4 Å². The van der Waals surface area contributed by atoms with Gasteiger partial charge in [-0.05, 0) is 24.3 Å². The molecule has 22 heavy (non-hydrogen) atoms. The molecule has 0 spiro atoms. The van der Waals surface area contributed by atoms with Crippen LogP contribution in [0.25, 0.3) is 0 Å². The van der Waals surface area contributed by atoms with Gasteiger partial charge >= 0.3 is 0 Å². The molecule has 6 nitrogen and oxygen atoms in total. The van der Waals surface area contributed by atoms with E-state index in [1.165, 1.54) is 0 Å². The molecule has 1 fully saturated rings. The molecule has 1 N–H and O–H groups in total. The Labute approximate surface area is 129 Å². The number of H-pyrrole nitrogens is 1. The maximum absolute atomic E-state index is 12.9. The summed E-state index contributed by atoms with van der Waals surface area (Å²) in [5.74, 6) is 1.34. The summed E-state index contributed by atoms with van der Waals surface area (Å²) < 4.78 is 0. The van der Waals surface area contributed by atoms with E-state index in [1.807, 2.05) is 32.2 Å². The Bertz CT molecular complexity index is 609. The van der Waals surface area contributed by atoms with Crippen LogP contribution >= 0.6 is 0 Å². The average Bonchev–Trinajstić information content (AvgIpc) is 3.20. The van der Waals surface area contributed by atoms with Crippen LogP contribution < -0.4 is 0 Å². The molecule has 1 amide bonds. The minimum atomic E-state index is -0.0244. The van der Waals surface area contributed by atoms with Crippen molar-refractivity contribution < 1.29 is 4.79 Å². The van der Waals surface area contributed by atoms with E-state index in [0.29, 0.717) is 18.3 Å². The van der Waals surface area contributed by atoms with Gasteiger partial charge in [-0.1, -0.05) is 42.5 Å². The number of hydrogen-bond acceptors (Lipinski definition) is 4. The van der Waals surface area contributed by atoms with Gasteiger partial charge in [-0.3, -0.25) is 4.79 Å². The zero-order valence-electron chi connectivity index (χ0n) is 12.9. The molecule has 1 aromatic heterocycles. The predicted molar refractivity (Wildman–Crippen MR) is 82.1 cm³/mol. The second-order valence-electron chi connectivity index (χ2n) is 6.12. The van der Waals surface area contributed by atoms with Gasteiger partial charge in [0.1, 0.15) is 0 Å². The molecule has 1 heterocycles. The van der Waals surface area contributed by atoms with Crippen LogP contribution in [0.3, 0.4) is 0 Å². The maximum Gasteiger partial charge on any atom is 0.230 e. The summed E-state index contributed by atoms with van der Waals surface area (Å²) in [7, 11) is 1.86. The minimum Gasteiger partial charge on any atom is -0.344 e. The third-order valence-corrected chi connectivity index (χ3v) is 4.24. The predicted octanol–water partition coefficient (Wildman–Crippen LogP) is 1.96. The summed E-state index contributed by atoms with van der Waals surface area (Å²) in [5.41, 5.74) is 1.12. The molecule has 116 valence electrons. The first-order valence-corrected chi connectivity index (χ1v) is 7.70. The molecular weight excluding hydrogens is 278 g/mol. The first kappa shape index (κ1) is 14.7. The van der Waals surface area contributed by atoms with E-state index in [1.54, 1.807) is 4.90 Å². The van der Waals surface area contributed by atoms with Crippen molar-refractivity contribution in [3.8, 4) is 0 Å². The van der Waals surface area contributed by atoms with Gasteiger partial charge in [0.25, 0.3) is 0 Å². The molecule has 0 bridgehead atoms. The molecule has 0 saturated heterocycles. The van der Waals surface area contributed by atoms with Crippen molar-refractivity contribution in [2.45, 2.75) is 31.6 Å². The SMILES string of the molecule is C[C@@H](CN(C)C(=O)[C@@H](c1ccccc1)C1CC1)c1nn[nH]n1. The lowest BCUT2D eigenvalue weighted by Crippen LogP contribution is -2.35. The largest absolute Gasteiger partial charge is 0.344 e. The molecule has 2 aromatic rings. The van der Waals surface area contributed by atoms with E-state index in [-0.39, 0.29) is 17.7 Å². The number of hydrogen-bond donors (Lipinski definition) is 1. The number of carbonyl (C=O) groups excluding carboxylic acids is 1. The number of aromatic nitrogens is 4. The second kappa shape index (κ2) is 6.25. The normalized spacial score (nSPS) is 17.0. The summed E-state index contributed by atoms with van der Waals surface area (Å²) in [4.78, 5) is 14.7. The van der Waals surface area contributed by atoms with Crippen molar-refractivity contribution in [2.24, 2.45) is 5.92 Å². The van der Waals surface area contributed by atoms with Crippen molar-refractivity contribution in [2.75, 3.05) is 13.6 Å². The summed E-state index contributed by atoms with van der Waals surface area (Å²) >= 11 is 0. The number of tetrazole rings is 1. The van der Waals surface area contributed by atoms with E-state index >= 15 is 0 Å². The molecule has 0 radical (unpaired) electrons. The first-order valence-electron chi connectivity index (χ1n) is 7.70. The van der Waals surface area contributed by atoms with Crippen LogP contribution in [0, 0.1) is 5.92 Å². The van der Waals surface area contributed by atoms with Crippen LogP contribution in [0.5, 0.6) is 0 Å². The zero-order valence-corrected chi connectivity index (χ0v) is 12.9. The lowest BCUT2D eigenvalue weighted by molar-refractivity contribution is -0.132. The number of benzene rings is 1. The van der Waals surface area contributed by atoms with Crippen molar-refractivity contribution >= 4 is 5.91 Å². The Morgan fingerprint density at radius 3 is 2.68 bits per heavy atom. The Balaban J connectivity index is 1.70. The zero-order chi connectivity index (χ0) is 15.5. The number of aromatic amines is 1. The van der Waals surface area contributed by atoms with Gasteiger partial charge in [0, 0.05) is 19.5 Å². The van der Waals surface area contributed by atoms with Gasteiger partial charge in [-0.2, -0.15) is 5.21 Å². The monoisotopic (exact) mass is 299 g/mol. The third-order valence-electron chi connectivity index (χ3n) is 4.24. The molecular formula is C16H21N5O. The van der Waals surface area contributed by atoms with Gasteiger partial charge in [-0.15, -0.1) is 10.2 Å². The highest BCUT2D eigenvalue weighted by Gasteiger charge is 2.38. The highest BCUT2D eigenvalue weighted by molar-refractivity contribution is 5.84. The molecule has 1 aliphatic rings. The smallest absolute Gasteiger partial charge is 0.230 e. The topological polar surface area (TPSA) is 74.8 Å². The summed E-state index contributed by atoms with van der Waals surface area (Å²) in [6, 6.07) is 10.1. The van der Waals surface area contributed by atoms with Crippen molar-refractivity contribution in [3.05, 3.63) is 41.7 Å². The number of rotatable bonds is 6. The second-order valence-corrected chi connectivity index (χ2v) is 6.12. The quantitative estimate of drug-likeness (QED) is 0.884. The third kappa shape index (κ3) is 3.16. The van der Waals surface area contributed by atoms with Gasteiger partial charge in [0.2, 0.25) is 5.91 Å². The number of carbonyl (C=O) groups is 1. The van der Waals surface area contributed by atoms with Crippen molar-refractivity contribution in [3.63, 3.8) is 0 Å². The van der Waals surface area contributed by atoms with Gasteiger partial charge in [0.05, 0.1) is 5.92 Å². The highest BCUT2D eigenvalue weighted by atomic mass is 16.2. The lowest BCUT2D eigenvalue weighted by Gasteiger charge is -2.25. The Kier molecular flexibility index (Phi) is 4.18. The Morgan fingerprint density at radius 1 is 1.36 bits per heavy atom. The van der Waals surface area contributed by atoms with Gasteiger partial charge in [-0.25, -0.2) is 0 Å². The number of likely N-dealkylation sites (N-methyl/N-ethyl adjacent to an activating group) is 1. The molecule has 2 atom stereocenters. The molecule has 3 rings (SSSR count). The fourth-order valence-electron chi connectivity index (χ4n) is 2.90.